The first kappa shape index (κ1) is 21.8. The van der Waals surface area contributed by atoms with Crippen molar-refractivity contribution < 1.29 is 19.1 Å². The van der Waals surface area contributed by atoms with E-state index in [-0.39, 0.29) is 30.4 Å². The normalized spacial score (nSPS) is 18.3. The van der Waals surface area contributed by atoms with Gasteiger partial charge in [0, 0.05) is 12.0 Å². The standard InChI is InChI=1S/C22H32N2O4S/c1-3-28-22(27)17-14(2)18(20(26)23-16-12-8-5-9-13-16)29-21(17)24-19(25)15-10-6-4-7-11-15/h15-16H,3-13H2,1-2H3,(H,23,26)(H,24,25). The van der Waals surface area contributed by atoms with Crippen molar-refractivity contribution in [3.63, 3.8) is 0 Å². The second-order valence-electron chi connectivity index (χ2n) is 8.11. The van der Waals surface area contributed by atoms with Crippen LogP contribution in [-0.2, 0) is 9.53 Å². The molecule has 1 heterocycles. The fourth-order valence-electron chi connectivity index (χ4n) is 4.34. The van der Waals surface area contributed by atoms with E-state index in [0.717, 1.165) is 51.4 Å². The number of esters is 1. The van der Waals surface area contributed by atoms with Crippen LogP contribution in [0.25, 0.3) is 0 Å². The van der Waals surface area contributed by atoms with Crippen LogP contribution in [0.15, 0.2) is 0 Å². The fourth-order valence-corrected chi connectivity index (χ4v) is 5.44. The van der Waals surface area contributed by atoms with E-state index in [1.54, 1.807) is 13.8 Å². The Morgan fingerprint density at radius 3 is 2.24 bits per heavy atom. The molecule has 1 aromatic rings. The summed E-state index contributed by atoms with van der Waals surface area (Å²) in [4.78, 5) is 38.7. The van der Waals surface area contributed by atoms with E-state index >= 15 is 0 Å². The molecule has 6 nitrogen and oxygen atoms in total. The first-order valence-electron chi connectivity index (χ1n) is 10.9. The molecule has 0 radical (unpaired) electrons. The monoisotopic (exact) mass is 420 g/mol. The van der Waals surface area contributed by atoms with Crippen LogP contribution in [0, 0.1) is 12.8 Å². The molecule has 2 saturated carbocycles. The third-order valence-corrected chi connectivity index (χ3v) is 7.19. The molecule has 0 saturated heterocycles. The van der Waals surface area contributed by atoms with Gasteiger partial charge >= 0.3 is 5.97 Å². The Hall–Kier alpha value is -1.89. The second-order valence-corrected chi connectivity index (χ2v) is 9.13. The molecule has 29 heavy (non-hydrogen) atoms. The van der Waals surface area contributed by atoms with Gasteiger partial charge in [-0.15, -0.1) is 11.3 Å². The highest BCUT2D eigenvalue weighted by atomic mass is 32.1. The molecular formula is C22H32N2O4S. The maximum Gasteiger partial charge on any atom is 0.341 e. The molecule has 0 aliphatic heterocycles. The Kier molecular flexibility index (Phi) is 7.70. The lowest BCUT2D eigenvalue weighted by atomic mass is 9.89. The molecule has 7 heteroatoms. The number of carbonyl (C=O) groups excluding carboxylic acids is 3. The minimum Gasteiger partial charge on any atom is -0.462 e. The van der Waals surface area contributed by atoms with Crippen LogP contribution < -0.4 is 10.6 Å². The van der Waals surface area contributed by atoms with Crippen molar-refractivity contribution in [2.45, 2.75) is 84.1 Å². The first-order valence-corrected chi connectivity index (χ1v) is 11.7. The van der Waals surface area contributed by atoms with Gasteiger partial charge in [-0.1, -0.05) is 38.5 Å². The number of ether oxygens (including phenoxy) is 1. The summed E-state index contributed by atoms with van der Waals surface area (Å²) < 4.78 is 5.20. The fraction of sp³-hybridized carbons (Fsp3) is 0.682. The Bertz CT molecular complexity index is 746. The summed E-state index contributed by atoms with van der Waals surface area (Å²) in [5.41, 5.74) is 0.899. The number of thiophene rings is 1. The highest BCUT2D eigenvalue weighted by Gasteiger charge is 2.29. The lowest BCUT2D eigenvalue weighted by Crippen LogP contribution is -2.36. The molecule has 0 unspecified atom stereocenters. The summed E-state index contributed by atoms with van der Waals surface area (Å²) >= 11 is 1.18. The zero-order chi connectivity index (χ0) is 20.8. The summed E-state index contributed by atoms with van der Waals surface area (Å²) in [6.45, 7) is 3.75. The summed E-state index contributed by atoms with van der Waals surface area (Å²) in [6, 6.07) is 0.184. The number of amides is 2. The highest BCUT2D eigenvalue weighted by Crippen LogP contribution is 2.35. The molecule has 0 spiro atoms. The molecule has 1 aromatic heterocycles. The molecule has 0 bridgehead atoms. The van der Waals surface area contributed by atoms with Gasteiger partial charge < -0.3 is 15.4 Å². The molecular weight excluding hydrogens is 388 g/mol. The smallest absolute Gasteiger partial charge is 0.341 e. The number of rotatable bonds is 6. The van der Waals surface area contributed by atoms with Crippen LogP contribution in [0.4, 0.5) is 5.00 Å². The van der Waals surface area contributed by atoms with E-state index in [0.29, 0.717) is 21.0 Å². The Morgan fingerprint density at radius 1 is 1.00 bits per heavy atom. The van der Waals surface area contributed by atoms with Crippen LogP contribution in [0.5, 0.6) is 0 Å². The van der Waals surface area contributed by atoms with Crippen molar-refractivity contribution in [3.8, 4) is 0 Å². The average molecular weight is 421 g/mol. The third kappa shape index (κ3) is 5.38. The lowest BCUT2D eigenvalue weighted by Gasteiger charge is -2.22. The number of hydrogen-bond donors (Lipinski definition) is 2. The highest BCUT2D eigenvalue weighted by molar-refractivity contribution is 7.18. The van der Waals surface area contributed by atoms with Crippen molar-refractivity contribution in [1.82, 2.24) is 5.32 Å². The summed E-state index contributed by atoms with van der Waals surface area (Å²) in [6.07, 6.45) is 10.5. The van der Waals surface area contributed by atoms with Gasteiger partial charge in [-0.2, -0.15) is 0 Å². The molecule has 0 atom stereocenters. The van der Waals surface area contributed by atoms with E-state index in [1.165, 1.54) is 24.2 Å². The van der Waals surface area contributed by atoms with Crippen molar-refractivity contribution in [3.05, 3.63) is 16.0 Å². The number of anilines is 1. The molecule has 2 aliphatic carbocycles. The second kappa shape index (κ2) is 10.2. The van der Waals surface area contributed by atoms with Gasteiger partial charge in [0.1, 0.15) is 5.00 Å². The minimum absolute atomic E-state index is 0.0271. The molecule has 160 valence electrons. The van der Waals surface area contributed by atoms with Crippen molar-refractivity contribution in [2.75, 3.05) is 11.9 Å². The van der Waals surface area contributed by atoms with Gasteiger partial charge in [-0.05, 0) is 45.1 Å². The summed E-state index contributed by atoms with van der Waals surface area (Å²) in [7, 11) is 0. The zero-order valence-corrected chi connectivity index (χ0v) is 18.3. The first-order chi connectivity index (χ1) is 14.0. The van der Waals surface area contributed by atoms with Gasteiger partial charge in [-0.25, -0.2) is 4.79 Å². The summed E-state index contributed by atoms with van der Waals surface area (Å²) in [5, 5.41) is 6.48. The average Bonchev–Trinajstić information content (AvgIpc) is 3.05. The molecule has 2 aliphatic rings. The van der Waals surface area contributed by atoms with Gasteiger partial charge in [0.15, 0.2) is 0 Å². The Morgan fingerprint density at radius 2 is 1.62 bits per heavy atom. The summed E-state index contributed by atoms with van der Waals surface area (Å²) in [5.74, 6) is -0.739. The molecule has 3 rings (SSSR count). The van der Waals surface area contributed by atoms with Crippen LogP contribution >= 0.6 is 11.3 Å². The van der Waals surface area contributed by atoms with E-state index < -0.39 is 5.97 Å². The maximum absolute atomic E-state index is 12.9. The predicted molar refractivity (Wildman–Crippen MR) is 115 cm³/mol. The van der Waals surface area contributed by atoms with Crippen LogP contribution in [0.3, 0.4) is 0 Å². The Balaban J connectivity index is 1.81. The molecule has 2 N–H and O–H groups in total. The molecule has 2 amide bonds. The van der Waals surface area contributed by atoms with Gasteiger partial charge in [0.05, 0.1) is 17.0 Å². The lowest BCUT2D eigenvalue weighted by molar-refractivity contribution is -0.120. The van der Waals surface area contributed by atoms with E-state index in [1.807, 2.05) is 0 Å². The van der Waals surface area contributed by atoms with E-state index in [2.05, 4.69) is 10.6 Å². The topological polar surface area (TPSA) is 84.5 Å². The van der Waals surface area contributed by atoms with Crippen molar-refractivity contribution >= 4 is 34.1 Å². The largest absolute Gasteiger partial charge is 0.462 e. The zero-order valence-electron chi connectivity index (χ0n) is 17.5. The van der Waals surface area contributed by atoms with Gasteiger partial charge in [-0.3, -0.25) is 9.59 Å². The third-order valence-electron chi connectivity index (χ3n) is 5.99. The number of carbonyl (C=O) groups is 3. The minimum atomic E-state index is -0.489. The molecule has 0 aromatic carbocycles. The van der Waals surface area contributed by atoms with Crippen LogP contribution in [-0.4, -0.2) is 30.4 Å². The van der Waals surface area contributed by atoms with E-state index in [9.17, 15) is 14.4 Å². The van der Waals surface area contributed by atoms with E-state index in [4.69, 9.17) is 4.74 Å². The number of nitrogens with one attached hydrogen (secondary N) is 2. The van der Waals surface area contributed by atoms with Crippen LogP contribution in [0.2, 0.25) is 0 Å². The predicted octanol–water partition coefficient (Wildman–Crippen LogP) is 4.81. The Labute approximate surface area is 176 Å². The quantitative estimate of drug-likeness (QED) is 0.647. The maximum atomic E-state index is 12.9. The SMILES string of the molecule is CCOC(=O)c1c(NC(=O)C2CCCCC2)sc(C(=O)NC2CCCCC2)c1C. The van der Waals surface area contributed by atoms with Crippen molar-refractivity contribution in [2.24, 2.45) is 5.92 Å². The molecule has 2 fully saturated rings. The van der Waals surface area contributed by atoms with Crippen molar-refractivity contribution in [1.29, 1.82) is 0 Å². The van der Waals surface area contributed by atoms with Gasteiger partial charge in [0.25, 0.3) is 5.91 Å². The number of hydrogen-bond acceptors (Lipinski definition) is 5. The van der Waals surface area contributed by atoms with Gasteiger partial charge in [0.2, 0.25) is 5.91 Å². The van der Waals surface area contributed by atoms with Crippen LogP contribution in [0.1, 0.15) is 96.7 Å².